The molecule has 0 aromatic carbocycles. The summed E-state index contributed by atoms with van der Waals surface area (Å²) in [7, 11) is 0. The van der Waals surface area contributed by atoms with Crippen molar-refractivity contribution in [1.82, 2.24) is 5.32 Å². The Kier molecular flexibility index (Phi) is 2.52. The van der Waals surface area contributed by atoms with Crippen molar-refractivity contribution in [3.05, 3.63) is 0 Å². The van der Waals surface area contributed by atoms with E-state index in [4.69, 9.17) is 5.73 Å². The van der Waals surface area contributed by atoms with Gasteiger partial charge in [-0.2, -0.15) is 11.8 Å². The van der Waals surface area contributed by atoms with Gasteiger partial charge in [0.1, 0.15) is 0 Å². The Balaban J connectivity index is 1.78. The van der Waals surface area contributed by atoms with Crippen LogP contribution in [-0.2, 0) is 4.79 Å². The third-order valence-corrected chi connectivity index (χ3v) is 4.96. The highest BCUT2D eigenvalue weighted by Crippen LogP contribution is 2.48. The van der Waals surface area contributed by atoms with E-state index in [1.54, 1.807) is 0 Å². The second-order valence-electron chi connectivity index (χ2n) is 4.55. The molecule has 0 bridgehead atoms. The van der Waals surface area contributed by atoms with Crippen LogP contribution in [0.4, 0.5) is 0 Å². The first-order valence-electron chi connectivity index (χ1n) is 5.20. The molecule has 3 N–H and O–H groups in total. The standard InChI is InChI=1S/C10H18N2OS/c1-14-10(4-5-10)7-12-8(13)9(6-11)2-3-9/h2-7,11H2,1H3,(H,12,13). The number of amides is 1. The third kappa shape index (κ3) is 1.77. The van der Waals surface area contributed by atoms with E-state index in [0.29, 0.717) is 11.3 Å². The van der Waals surface area contributed by atoms with E-state index in [0.717, 1.165) is 19.4 Å². The zero-order valence-electron chi connectivity index (χ0n) is 8.64. The Morgan fingerprint density at radius 2 is 2.07 bits per heavy atom. The van der Waals surface area contributed by atoms with E-state index >= 15 is 0 Å². The molecule has 2 aliphatic carbocycles. The molecule has 1 amide bonds. The number of carbonyl (C=O) groups is 1. The summed E-state index contributed by atoms with van der Waals surface area (Å²) < 4.78 is 0.361. The van der Waals surface area contributed by atoms with Gasteiger partial charge in [0.05, 0.1) is 5.41 Å². The van der Waals surface area contributed by atoms with Crippen LogP contribution in [0.15, 0.2) is 0 Å². The quantitative estimate of drug-likeness (QED) is 0.709. The largest absolute Gasteiger partial charge is 0.354 e. The van der Waals surface area contributed by atoms with Crippen LogP contribution in [-0.4, -0.2) is 30.0 Å². The molecule has 0 aromatic rings. The molecule has 2 saturated carbocycles. The van der Waals surface area contributed by atoms with Gasteiger partial charge in [-0.3, -0.25) is 4.79 Å². The predicted molar refractivity (Wildman–Crippen MR) is 59.2 cm³/mol. The van der Waals surface area contributed by atoms with Crippen molar-refractivity contribution in [3.63, 3.8) is 0 Å². The van der Waals surface area contributed by atoms with Crippen molar-refractivity contribution in [2.75, 3.05) is 19.3 Å². The Morgan fingerprint density at radius 1 is 1.43 bits per heavy atom. The Labute approximate surface area is 89.2 Å². The van der Waals surface area contributed by atoms with Crippen molar-refractivity contribution in [2.45, 2.75) is 30.4 Å². The third-order valence-electron chi connectivity index (χ3n) is 3.54. The summed E-state index contributed by atoms with van der Waals surface area (Å²) >= 11 is 1.87. The maximum Gasteiger partial charge on any atom is 0.227 e. The average Bonchev–Trinajstić information content (AvgIpc) is 3.10. The molecule has 2 fully saturated rings. The molecule has 0 aliphatic heterocycles. The molecule has 0 unspecified atom stereocenters. The maximum atomic E-state index is 11.7. The molecule has 0 atom stereocenters. The maximum absolute atomic E-state index is 11.7. The van der Waals surface area contributed by atoms with E-state index in [2.05, 4.69) is 11.6 Å². The van der Waals surface area contributed by atoms with E-state index in [1.165, 1.54) is 12.8 Å². The highest BCUT2D eigenvalue weighted by atomic mass is 32.2. The SMILES string of the molecule is CSC1(CNC(=O)C2(CN)CC2)CC1. The normalized spacial score (nSPS) is 25.6. The number of nitrogens with one attached hydrogen (secondary N) is 1. The number of thioether (sulfide) groups is 1. The van der Waals surface area contributed by atoms with E-state index < -0.39 is 0 Å². The van der Waals surface area contributed by atoms with Crippen molar-refractivity contribution >= 4 is 17.7 Å². The average molecular weight is 214 g/mol. The minimum atomic E-state index is -0.186. The smallest absolute Gasteiger partial charge is 0.227 e. The molecule has 2 aliphatic rings. The summed E-state index contributed by atoms with van der Waals surface area (Å²) in [4.78, 5) is 11.7. The molecule has 0 heterocycles. The van der Waals surface area contributed by atoms with Crippen molar-refractivity contribution in [3.8, 4) is 0 Å². The van der Waals surface area contributed by atoms with Gasteiger partial charge in [-0.25, -0.2) is 0 Å². The summed E-state index contributed by atoms with van der Waals surface area (Å²) in [5.41, 5.74) is 5.41. The first kappa shape index (κ1) is 10.3. The van der Waals surface area contributed by atoms with Crippen molar-refractivity contribution in [1.29, 1.82) is 0 Å². The van der Waals surface area contributed by atoms with Crippen LogP contribution in [0, 0.1) is 5.41 Å². The van der Waals surface area contributed by atoms with Gasteiger partial charge in [-0.05, 0) is 31.9 Å². The van der Waals surface area contributed by atoms with Crippen LogP contribution in [0.5, 0.6) is 0 Å². The van der Waals surface area contributed by atoms with E-state index in [1.807, 2.05) is 11.8 Å². The second-order valence-corrected chi connectivity index (χ2v) is 5.83. The Hall–Kier alpha value is -0.220. The number of nitrogens with two attached hydrogens (primary N) is 1. The molecule has 3 nitrogen and oxygen atoms in total. The summed E-state index contributed by atoms with van der Waals surface area (Å²) in [6.45, 7) is 1.33. The molecule has 0 saturated heterocycles. The van der Waals surface area contributed by atoms with Gasteiger partial charge in [-0.1, -0.05) is 0 Å². The Morgan fingerprint density at radius 3 is 2.43 bits per heavy atom. The van der Waals surface area contributed by atoms with Crippen LogP contribution in [0.3, 0.4) is 0 Å². The van der Waals surface area contributed by atoms with Crippen LogP contribution in [0.2, 0.25) is 0 Å². The number of carbonyl (C=O) groups excluding carboxylic acids is 1. The second kappa shape index (κ2) is 3.42. The molecule has 2 rings (SSSR count). The first-order valence-corrected chi connectivity index (χ1v) is 6.42. The molecule has 80 valence electrons. The zero-order valence-corrected chi connectivity index (χ0v) is 9.45. The zero-order chi connectivity index (χ0) is 10.2. The van der Waals surface area contributed by atoms with Gasteiger partial charge in [-0.15, -0.1) is 0 Å². The lowest BCUT2D eigenvalue weighted by atomic mass is 10.1. The molecular formula is C10H18N2OS. The van der Waals surface area contributed by atoms with Crippen LogP contribution in [0.1, 0.15) is 25.7 Å². The predicted octanol–water partition coefficient (Wildman–Crippen LogP) is 0.737. The molecule has 0 radical (unpaired) electrons. The van der Waals surface area contributed by atoms with Gasteiger partial charge in [0.25, 0.3) is 0 Å². The van der Waals surface area contributed by atoms with Crippen molar-refractivity contribution < 1.29 is 4.79 Å². The van der Waals surface area contributed by atoms with Gasteiger partial charge < -0.3 is 11.1 Å². The fourth-order valence-corrected chi connectivity index (χ4v) is 2.42. The van der Waals surface area contributed by atoms with Gasteiger partial charge in [0.15, 0.2) is 0 Å². The summed E-state index contributed by atoms with van der Waals surface area (Å²) in [6.07, 6.45) is 6.55. The summed E-state index contributed by atoms with van der Waals surface area (Å²) in [5, 5.41) is 3.05. The molecule has 0 spiro atoms. The van der Waals surface area contributed by atoms with Crippen LogP contribution >= 0.6 is 11.8 Å². The monoisotopic (exact) mass is 214 g/mol. The van der Waals surface area contributed by atoms with Crippen LogP contribution in [0.25, 0.3) is 0 Å². The van der Waals surface area contributed by atoms with E-state index in [-0.39, 0.29) is 11.3 Å². The van der Waals surface area contributed by atoms with Gasteiger partial charge in [0.2, 0.25) is 5.91 Å². The molecule has 0 aromatic heterocycles. The molecule has 14 heavy (non-hydrogen) atoms. The highest BCUT2D eigenvalue weighted by Gasteiger charge is 2.50. The summed E-state index contributed by atoms with van der Waals surface area (Å²) in [5.74, 6) is 0.181. The molecular weight excluding hydrogens is 196 g/mol. The fraction of sp³-hybridized carbons (Fsp3) is 0.900. The lowest BCUT2D eigenvalue weighted by Gasteiger charge is -2.17. The van der Waals surface area contributed by atoms with E-state index in [9.17, 15) is 4.79 Å². The lowest BCUT2D eigenvalue weighted by molar-refractivity contribution is -0.125. The van der Waals surface area contributed by atoms with Crippen molar-refractivity contribution in [2.24, 2.45) is 11.1 Å². The fourth-order valence-electron chi connectivity index (χ4n) is 1.70. The first-order chi connectivity index (χ1) is 6.66. The van der Waals surface area contributed by atoms with Crippen LogP contribution < -0.4 is 11.1 Å². The number of hydrogen-bond donors (Lipinski definition) is 2. The minimum absolute atomic E-state index is 0.181. The number of hydrogen-bond acceptors (Lipinski definition) is 3. The Bertz CT molecular complexity index is 247. The number of rotatable bonds is 5. The van der Waals surface area contributed by atoms with Gasteiger partial charge in [0, 0.05) is 17.8 Å². The highest BCUT2D eigenvalue weighted by molar-refractivity contribution is 8.00. The summed E-state index contributed by atoms with van der Waals surface area (Å²) in [6, 6.07) is 0. The molecule has 4 heteroatoms. The van der Waals surface area contributed by atoms with Gasteiger partial charge >= 0.3 is 0 Å². The topological polar surface area (TPSA) is 55.1 Å². The lowest BCUT2D eigenvalue weighted by Crippen LogP contribution is -2.40. The minimum Gasteiger partial charge on any atom is -0.354 e.